The number of rotatable bonds is 3. The molecule has 0 bridgehead atoms. The average molecular weight is 149 g/mol. The zero-order valence-corrected chi connectivity index (χ0v) is 6.44. The van der Waals surface area contributed by atoms with Gasteiger partial charge >= 0.3 is 5.97 Å². The van der Waals surface area contributed by atoms with Crippen LogP contribution in [0.5, 0.6) is 0 Å². The van der Waals surface area contributed by atoms with Gasteiger partial charge in [-0.3, -0.25) is 4.79 Å². The molecule has 0 saturated heterocycles. The van der Waals surface area contributed by atoms with Gasteiger partial charge in [-0.2, -0.15) is 12.6 Å². The molecule has 1 unspecified atom stereocenters. The Bertz CT molecular complexity index is 93.0. The molecule has 0 rings (SSSR count). The third-order valence-electron chi connectivity index (χ3n) is 1.02. The molecule has 0 aliphatic carbocycles. The van der Waals surface area contributed by atoms with Crippen molar-refractivity contribution < 1.29 is 9.53 Å². The number of likely N-dealkylation sites (N-methyl/N-ethyl adjacent to an activating group) is 1. The lowest BCUT2D eigenvalue weighted by atomic mass is 10.3. The molecular weight excluding hydrogens is 138 g/mol. The fourth-order valence-electron chi connectivity index (χ4n) is 0.426. The lowest BCUT2D eigenvalue weighted by Gasteiger charge is -2.08. The lowest BCUT2D eigenvalue weighted by Crippen LogP contribution is -2.36. The Morgan fingerprint density at radius 1 is 1.89 bits per heavy atom. The van der Waals surface area contributed by atoms with Crippen molar-refractivity contribution in [3.8, 4) is 0 Å². The van der Waals surface area contributed by atoms with Gasteiger partial charge in [0.05, 0.1) is 7.11 Å². The summed E-state index contributed by atoms with van der Waals surface area (Å²) in [6.45, 7) is 0. The van der Waals surface area contributed by atoms with E-state index in [0.29, 0.717) is 5.75 Å². The zero-order chi connectivity index (χ0) is 7.28. The van der Waals surface area contributed by atoms with Crippen molar-refractivity contribution in [2.45, 2.75) is 6.04 Å². The number of thiol groups is 1. The fourth-order valence-corrected chi connectivity index (χ4v) is 0.758. The Kier molecular flexibility index (Phi) is 4.53. The van der Waals surface area contributed by atoms with Gasteiger partial charge in [-0.1, -0.05) is 0 Å². The van der Waals surface area contributed by atoms with Gasteiger partial charge in [-0.05, 0) is 7.05 Å². The molecule has 0 saturated carbocycles. The van der Waals surface area contributed by atoms with Crippen molar-refractivity contribution in [2.24, 2.45) is 0 Å². The first kappa shape index (κ1) is 8.78. The third-order valence-corrected chi connectivity index (χ3v) is 1.38. The lowest BCUT2D eigenvalue weighted by molar-refractivity contribution is -0.142. The molecule has 0 aromatic heterocycles. The molecule has 0 aromatic rings. The van der Waals surface area contributed by atoms with Crippen LogP contribution in [0, 0.1) is 0 Å². The average Bonchev–Trinajstić information content (AvgIpc) is 1.90. The minimum atomic E-state index is -0.279. The van der Waals surface area contributed by atoms with Crippen LogP contribution in [0.3, 0.4) is 0 Å². The molecule has 0 spiro atoms. The Morgan fingerprint density at radius 3 is 2.56 bits per heavy atom. The SMILES string of the molecule is CNC(CS)C(=O)OC. The van der Waals surface area contributed by atoms with Crippen LogP contribution in [0.2, 0.25) is 0 Å². The van der Waals surface area contributed by atoms with E-state index in [1.165, 1.54) is 7.11 Å². The van der Waals surface area contributed by atoms with Gasteiger partial charge in [-0.25, -0.2) is 0 Å². The van der Waals surface area contributed by atoms with E-state index in [4.69, 9.17) is 0 Å². The van der Waals surface area contributed by atoms with Gasteiger partial charge in [0.15, 0.2) is 0 Å². The summed E-state index contributed by atoms with van der Waals surface area (Å²) in [7, 11) is 3.05. The Labute approximate surface area is 60.2 Å². The quantitative estimate of drug-likeness (QED) is 0.426. The Morgan fingerprint density at radius 2 is 2.44 bits per heavy atom. The molecule has 0 amide bonds. The van der Waals surface area contributed by atoms with E-state index >= 15 is 0 Å². The number of carbonyl (C=O) groups is 1. The van der Waals surface area contributed by atoms with Gasteiger partial charge in [-0.15, -0.1) is 0 Å². The smallest absolute Gasteiger partial charge is 0.323 e. The van der Waals surface area contributed by atoms with E-state index in [1.807, 2.05) is 0 Å². The number of ether oxygens (including phenoxy) is 1. The second-order valence-corrected chi connectivity index (χ2v) is 1.91. The third kappa shape index (κ3) is 2.72. The number of esters is 1. The van der Waals surface area contributed by atoms with Gasteiger partial charge in [0, 0.05) is 5.75 Å². The summed E-state index contributed by atoms with van der Waals surface area (Å²) in [5.41, 5.74) is 0. The molecule has 0 aliphatic rings. The van der Waals surface area contributed by atoms with Crippen LogP contribution in [0.1, 0.15) is 0 Å². The predicted octanol–water partition coefficient (Wildman–Crippen LogP) is -0.323. The maximum Gasteiger partial charge on any atom is 0.323 e. The van der Waals surface area contributed by atoms with Crippen molar-refractivity contribution in [2.75, 3.05) is 19.9 Å². The predicted molar refractivity (Wildman–Crippen MR) is 38.7 cm³/mol. The molecule has 0 aromatic carbocycles. The standard InChI is InChI=1S/C5H11NO2S/c1-6-4(3-9)5(7)8-2/h4,6,9H,3H2,1-2H3. The van der Waals surface area contributed by atoms with E-state index in [2.05, 4.69) is 22.7 Å². The van der Waals surface area contributed by atoms with Crippen molar-refractivity contribution in [3.63, 3.8) is 0 Å². The molecule has 4 heteroatoms. The molecule has 1 atom stereocenters. The number of carbonyl (C=O) groups excluding carboxylic acids is 1. The summed E-state index contributed by atoms with van der Waals surface area (Å²) < 4.78 is 4.44. The van der Waals surface area contributed by atoms with Gasteiger partial charge in [0.2, 0.25) is 0 Å². The van der Waals surface area contributed by atoms with Crippen LogP contribution in [-0.4, -0.2) is 31.9 Å². The zero-order valence-electron chi connectivity index (χ0n) is 5.55. The van der Waals surface area contributed by atoms with E-state index in [1.54, 1.807) is 7.05 Å². The first-order valence-electron chi connectivity index (χ1n) is 2.62. The highest BCUT2D eigenvalue weighted by Gasteiger charge is 2.13. The monoisotopic (exact) mass is 149 g/mol. The van der Waals surface area contributed by atoms with E-state index in [9.17, 15) is 4.79 Å². The van der Waals surface area contributed by atoms with Crippen molar-refractivity contribution in [1.82, 2.24) is 5.32 Å². The van der Waals surface area contributed by atoms with Gasteiger partial charge in [0.25, 0.3) is 0 Å². The molecular formula is C5H11NO2S. The molecule has 3 nitrogen and oxygen atoms in total. The second kappa shape index (κ2) is 4.64. The van der Waals surface area contributed by atoms with Crippen LogP contribution >= 0.6 is 12.6 Å². The first-order chi connectivity index (χ1) is 4.26. The number of nitrogens with one attached hydrogen (secondary N) is 1. The normalized spacial score (nSPS) is 12.8. The maximum absolute atomic E-state index is 10.6. The van der Waals surface area contributed by atoms with Gasteiger partial charge < -0.3 is 10.1 Å². The number of methoxy groups -OCH3 is 1. The fraction of sp³-hybridized carbons (Fsp3) is 0.800. The van der Waals surface area contributed by atoms with Crippen LogP contribution < -0.4 is 5.32 Å². The maximum atomic E-state index is 10.6. The van der Waals surface area contributed by atoms with Crippen molar-refractivity contribution >= 4 is 18.6 Å². The summed E-state index contributed by atoms with van der Waals surface area (Å²) in [5.74, 6) is 0.191. The van der Waals surface area contributed by atoms with Crippen LogP contribution in [0.25, 0.3) is 0 Å². The largest absolute Gasteiger partial charge is 0.468 e. The molecule has 54 valence electrons. The summed E-state index contributed by atoms with van der Waals surface area (Å²) in [4.78, 5) is 10.6. The van der Waals surface area contributed by atoms with Crippen molar-refractivity contribution in [1.29, 1.82) is 0 Å². The van der Waals surface area contributed by atoms with Gasteiger partial charge in [0.1, 0.15) is 6.04 Å². The van der Waals surface area contributed by atoms with Crippen molar-refractivity contribution in [3.05, 3.63) is 0 Å². The summed E-state index contributed by atoms with van der Waals surface area (Å²) in [5, 5.41) is 2.75. The molecule has 1 N–H and O–H groups in total. The van der Waals surface area contributed by atoms with Crippen LogP contribution in [0.4, 0.5) is 0 Å². The molecule has 0 radical (unpaired) electrons. The Hall–Kier alpha value is -0.220. The van der Waals surface area contributed by atoms with E-state index < -0.39 is 0 Å². The number of hydrogen-bond donors (Lipinski definition) is 2. The second-order valence-electron chi connectivity index (χ2n) is 1.55. The van der Waals surface area contributed by atoms with E-state index in [0.717, 1.165) is 0 Å². The topological polar surface area (TPSA) is 38.3 Å². The number of hydrogen-bond acceptors (Lipinski definition) is 4. The highest BCUT2D eigenvalue weighted by molar-refractivity contribution is 7.80. The minimum Gasteiger partial charge on any atom is -0.468 e. The highest BCUT2D eigenvalue weighted by Crippen LogP contribution is 1.88. The summed E-state index contributed by atoms with van der Waals surface area (Å²) in [6, 6.07) is -0.279. The summed E-state index contributed by atoms with van der Waals surface area (Å²) in [6.07, 6.45) is 0. The minimum absolute atomic E-state index is 0.271. The highest BCUT2D eigenvalue weighted by atomic mass is 32.1. The summed E-state index contributed by atoms with van der Waals surface area (Å²) >= 11 is 3.93. The first-order valence-corrected chi connectivity index (χ1v) is 3.25. The Balaban J connectivity index is 3.64. The van der Waals surface area contributed by atoms with Crippen LogP contribution in [-0.2, 0) is 9.53 Å². The van der Waals surface area contributed by atoms with Crippen LogP contribution in [0.15, 0.2) is 0 Å². The molecule has 0 aliphatic heterocycles. The molecule has 9 heavy (non-hydrogen) atoms. The molecule has 0 heterocycles. The van der Waals surface area contributed by atoms with E-state index in [-0.39, 0.29) is 12.0 Å². The molecule has 0 fully saturated rings.